The fourth-order valence-corrected chi connectivity index (χ4v) is 4.18. The van der Waals surface area contributed by atoms with Crippen LogP contribution in [0, 0.1) is 12.7 Å². The highest BCUT2D eigenvalue weighted by Gasteiger charge is 2.24. The van der Waals surface area contributed by atoms with Gasteiger partial charge in [-0.1, -0.05) is 17.7 Å². The third-order valence-electron chi connectivity index (χ3n) is 5.63. The van der Waals surface area contributed by atoms with E-state index in [1.165, 1.54) is 31.0 Å². The van der Waals surface area contributed by atoms with E-state index in [4.69, 9.17) is 11.6 Å². The number of pyridine rings is 1. The quantitative estimate of drug-likeness (QED) is 0.252. The lowest BCUT2D eigenvalue weighted by atomic mass is 9.89. The molecule has 3 aromatic rings. The molecule has 0 saturated carbocycles. The zero-order valence-corrected chi connectivity index (χ0v) is 21.0. The van der Waals surface area contributed by atoms with E-state index in [0.717, 1.165) is 40.9 Å². The topological polar surface area (TPSA) is 83.6 Å². The second kappa shape index (κ2) is 11.7. The number of halogens is 2. The molecule has 0 radical (unpaired) electrons. The maximum absolute atomic E-state index is 13.5. The predicted molar refractivity (Wildman–Crippen MR) is 142 cm³/mol. The summed E-state index contributed by atoms with van der Waals surface area (Å²) >= 11 is 5.92. The van der Waals surface area contributed by atoms with Crippen LogP contribution in [0.15, 0.2) is 65.4 Å². The van der Waals surface area contributed by atoms with E-state index in [1.807, 2.05) is 37.1 Å². The van der Waals surface area contributed by atoms with Crippen molar-refractivity contribution in [2.75, 3.05) is 17.4 Å². The number of amides is 1. The molecule has 4 rings (SSSR count). The first kappa shape index (κ1) is 26.1. The average Bonchev–Trinajstić information content (AvgIpc) is 2.85. The van der Waals surface area contributed by atoms with Crippen LogP contribution in [-0.2, 0) is 6.42 Å². The van der Waals surface area contributed by atoms with Crippen LogP contribution < -0.4 is 16.1 Å². The molecule has 1 aliphatic rings. The Hall–Kier alpha value is -3.55. The first-order chi connectivity index (χ1) is 16.9. The van der Waals surface area contributed by atoms with E-state index >= 15 is 0 Å². The fraction of sp³-hybridized carbons (Fsp3) is 0.222. The highest BCUT2D eigenvalue weighted by atomic mass is 35.5. The highest BCUT2D eigenvalue weighted by Crippen LogP contribution is 2.38. The monoisotopic (exact) mass is 493 g/mol. The van der Waals surface area contributed by atoms with Crippen molar-refractivity contribution >= 4 is 40.8 Å². The summed E-state index contributed by atoms with van der Waals surface area (Å²) in [5, 5.41) is 9.72. The molecule has 1 heterocycles. The second-order valence-electron chi connectivity index (χ2n) is 7.94. The summed E-state index contributed by atoms with van der Waals surface area (Å²) in [6, 6.07) is 13.8. The summed E-state index contributed by atoms with van der Waals surface area (Å²) in [6.07, 6.45) is 4.97. The van der Waals surface area contributed by atoms with Gasteiger partial charge in [-0.05, 0) is 99.8 Å². The van der Waals surface area contributed by atoms with Gasteiger partial charge >= 0.3 is 0 Å². The molecule has 0 fully saturated rings. The number of nitrogens with one attached hydrogen (secondary N) is 1. The molecule has 3 N–H and O–H groups in total. The Morgan fingerprint density at radius 3 is 2.51 bits per heavy atom. The normalized spacial score (nSPS) is 12.7. The van der Waals surface area contributed by atoms with Crippen LogP contribution in [0.5, 0.6) is 0 Å². The number of hydrogen-bond acceptors (Lipinski definition) is 5. The number of anilines is 2. The molecule has 6 nitrogen and oxygen atoms in total. The van der Waals surface area contributed by atoms with Crippen LogP contribution in [0.25, 0.3) is 5.70 Å². The lowest BCUT2D eigenvalue weighted by Gasteiger charge is -2.30. The van der Waals surface area contributed by atoms with Crippen molar-refractivity contribution < 1.29 is 9.18 Å². The van der Waals surface area contributed by atoms with Crippen molar-refractivity contribution in [1.29, 1.82) is 0 Å². The van der Waals surface area contributed by atoms with Crippen molar-refractivity contribution in [2.45, 2.75) is 33.6 Å². The number of benzene rings is 2. The van der Waals surface area contributed by atoms with Gasteiger partial charge in [-0.25, -0.2) is 14.4 Å². The zero-order valence-electron chi connectivity index (χ0n) is 20.3. The molecule has 8 heteroatoms. The van der Waals surface area contributed by atoms with Crippen LogP contribution in [-0.4, -0.2) is 24.2 Å². The van der Waals surface area contributed by atoms with Gasteiger partial charge in [0.1, 0.15) is 11.0 Å². The summed E-state index contributed by atoms with van der Waals surface area (Å²) in [5.41, 5.74) is 11.4. The number of rotatable bonds is 5. The average molecular weight is 494 g/mol. The SMILES string of the molecule is C/C=N/N(C1=C(C)CCc2ccc(NC(=O)c3cnc(Cl)cc3C)cc21)c1ccc(F)cc1.CN. The number of carbonyl (C=O) groups excluding carboxylic acids is 1. The third-order valence-corrected chi connectivity index (χ3v) is 5.84. The minimum atomic E-state index is -0.300. The number of nitrogens with zero attached hydrogens (tertiary/aromatic N) is 3. The van der Waals surface area contributed by atoms with Crippen molar-refractivity contribution in [3.63, 3.8) is 0 Å². The largest absolute Gasteiger partial charge is 0.333 e. The smallest absolute Gasteiger partial charge is 0.257 e. The Morgan fingerprint density at radius 1 is 1.14 bits per heavy atom. The molecule has 35 heavy (non-hydrogen) atoms. The number of nitrogens with two attached hydrogens (primary N) is 1. The Kier molecular flexibility index (Phi) is 8.73. The summed E-state index contributed by atoms with van der Waals surface area (Å²) < 4.78 is 13.5. The zero-order chi connectivity index (χ0) is 25.5. The van der Waals surface area contributed by atoms with E-state index in [-0.39, 0.29) is 11.7 Å². The molecule has 0 saturated heterocycles. The van der Waals surface area contributed by atoms with Gasteiger partial charge in [-0.15, -0.1) is 0 Å². The summed E-state index contributed by atoms with van der Waals surface area (Å²) in [5.74, 6) is -0.553. The van der Waals surface area contributed by atoms with Gasteiger partial charge in [0.2, 0.25) is 0 Å². The van der Waals surface area contributed by atoms with Gasteiger partial charge in [-0.3, -0.25) is 4.79 Å². The lowest BCUT2D eigenvalue weighted by molar-refractivity contribution is 0.102. The van der Waals surface area contributed by atoms with Crippen molar-refractivity contribution in [3.8, 4) is 0 Å². The molecular weight excluding hydrogens is 465 g/mol. The summed E-state index contributed by atoms with van der Waals surface area (Å²) in [4.78, 5) is 16.9. The second-order valence-corrected chi connectivity index (χ2v) is 8.33. The van der Waals surface area contributed by atoms with Crippen LogP contribution >= 0.6 is 11.6 Å². The van der Waals surface area contributed by atoms with Crippen LogP contribution in [0.2, 0.25) is 5.15 Å². The molecule has 2 aromatic carbocycles. The van der Waals surface area contributed by atoms with E-state index < -0.39 is 0 Å². The molecule has 182 valence electrons. The Morgan fingerprint density at radius 2 is 1.86 bits per heavy atom. The van der Waals surface area contributed by atoms with Gasteiger partial charge in [0.25, 0.3) is 5.91 Å². The molecule has 1 aromatic heterocycles. The molecule has 0 aliphatic heterocycles. The van der Waals surface area contributed by atoms with Gasteiger partial charge in [0.15, 0.2) is 0 Å². The molecular formula is C27H29ClFN5O. The summed E-state index contributed by atoms with van der Waals surface area (Å²) in [7, 11) is 1.50. The summed E-state index contributed by atoms with van der Waals surface area (Å²) in [6.45, 7) is 5.74. The first-order valence-electron chi connectivity index (χ1n) is 11.3. The molecule has 1 amide bonds. The lowest BCUT2D eigenvalue weighted by Crippen LogP contribution is -2.21. The standard InChI is InChI=1S/C26H24ClFN4O.CH5N/c1-4-30-32(21-11-8-19(28)9-12-21)25-16(2)5-6-18-7-10-20(14-22(18)25)31-26(33)23-15-29-24(27)13-17(23)3;1-2/h4,7-15H,5-6H2,1-3H3,(H,31,33);2H2,1H3/b30-4+;. The number of fused-ring (bicyclic) bond motifs is 1. The van der Waals surface area contributed by atoms with E-state index in [1.54, 1.807) is 24.4 Å². The minimum Gasteiger partial charge on any atom is -0.333 e. The van der Waals surface area contributed by atoms with Gasteiger partial charge in [0, 0.05) is 23.7 Å². The fourth-order valence-electron chi connectivity index (χ4n) is 3.97. The van der Waals surface area contributed by atoms with E-state index in [2.05, 4.69) is 28.1 Å². The minimum absolute atomic E-state index is 0.253. The number of allylic oxidation sites excluding steroid dienone is 1. The Bertz CT molecular complexity index is 1270. The van der Waals surface area contributed by atoms with Crippen molar-refractivity contribution in [1.82, 2.24) is 4.98 Å². The maximum Gasteiger partial charge on any atom is 0.257 e. The van der Waals surface area contributed by atoms with Crippen molar-refractivity contribution in [3.05, 3.63) is 93.5 Å². The molecule has 0 spiro atoms. The van der Waals surface area contributed by atoms with Crippen LogP contribution in [0.3, 0.4) is 0 Å². The Labute approximate surface area is 210 Å². The number of hydrazone groups is 1. The molecule has 0 atom stereocenters. The highest BCUT2D eigenvalue weighted by molar-refractivity contribution is 6.29. The predicted octanol–water partition coefficient (Wildman–Crippen LogP) is 6.20. The molecule has 0 unspecified atom stereocenters. The van der Waals surface area contributed by atoms with Gasteiger partial charge in [-0.2, -0.15) is 5.10 Å². The van der Waals surface area contributed by atoms with E-state index in [0.29, 0.717) is 16.4 Å². The number of hydrogen-bond donors (Lipinski definition) is 2. The first-order valence-corrected chi connectivity index (χ1v) is 11.6. The van der Waals surface area contributed by atoms with Crippen LogP contribution in [0.1, 0.15) is 47.3 Å². The molecule has 1 aliphatic carbocycles. The maximum atomic E-state index is 13.5. The van der Waals surface area contributed by atoms with Gasteiger partial charge < -0.3 is 11.1 Å². The molecule has 0 bridgehead atoms. The third kappa shape index (κ3) is 5.93. The number of aryl methyl sites for hydroxylation is 2. The van der Waals surface area contributed by atoms with Crippen LogP contribution in [0.4, 0.5) is 15.8 Å². The van der Waals surface area contributed by atoms with E-state index in [9.17, 15) is 9.18 Å². The number of carbonyl (C=O) groups is 1. The van der Waals surface area contributed by atoms with Crippen molar-refractivity contribution in [2.24, 2.45) is 10.8 Å². The Balaban J connectivity index is 0.00000167. The van der Waals surface area contributed by atoms with Gasteiger partial charge in [0.05, 0.1) is 16.9 Å². The number of aromatic nitrogens is 1.